The number of halogens is 2. The average molecular weight is 317 g/mol. The molecule has 2 atom stereocenters. The van der Waals surface area contributed by atoms with Crippen LogP contribution in [0.25, 0.3) is 0 Å². The number of carbonyl (C=O) groups is 1. The molecule has 5 heteroatoms. The highest BCUT2D eigenvalue weighted by atomic mass is 35.5. The first-order valence-electron chi connectivity index (χ1n) is 6.82. The van der Waals surface area contributed by atoms with Crippen molar-refractivity contribution in [2.75, 3.05) is 0 Å². The smallest absolute Gasteiger partial charge is 0.237 e. The molecule has 0 aliphatic heterocycles. The van der Waals surface area contributed by atoms with Crippen molar-refractivity contribution in [3.63, 3.8) is 0 Å². The first kappa shape index (κ1) is 17.3. The first-order valence-corrected chi connectivity index (χ1v) is 7.20. The van der Waals surface area contributed by atoms with Crippen molar-refractivity contribution in [2.45, 2.75) is 45.2 Å². The Morgan fingerprint density at radius 1 is 1.50 bits per heavy atom. The fourth-order valence-corrected chi connectivity index (χ4v) is 2.93. The molecule has 0 saturated heterocycles. The van der Waals surface area contributed by atoms with E-state index in [0.29, 0.717) is 12.3 Å². The maximum Gasteiger partial charge on any atom is 0.237 e. The first-order chi connectivity index (χ1) is 8.99. The summed E-state index contributed by atoms with van der Waals surface area (Å²) < 4.78 is 0. The highest BCUT2D eigenvalue weighted by Crippen LogP contribution is 2.35. The van der Waals surface area contributed by atoms with E-state index in [1.54, 1.807) is 0 Å². The Morgan fingerprint density at radius 2 is 2.20 bits per heavy atom. The van der Waals surface area contributed by atoms with Gasteiger partial charge in [0.1, 0.15) is 0 Å². The second-order valence-corrected chi connectivity index (χ2v) is 6.05. The molecule has 2 rings (SSSR count). The highest BCUT2D eigenvalue weighted by molar-refractivity contribution is 6.31. The number of amides is 1. The van der Waals surface area contributed by atoms with Crippen LogP contribution in [0.5, 0.6) is 0 Å². The highest BCUT2D eigenvalue weighted by Gasteiger charge is 2.27. The van der Waals surface area contributed by atoms with E-state index in [4.69, 9.17) is 17.3 Å². The molecule has 1 aliphatic carbocycles. The fourth-order valence-electron chi connectivity index (χ4n) is 2.65. The van der Waals surface area contributed by atoms with Gasteiger partial charge < -0.3 is 11.1 Å². The quantitative estimate of drug-likeness (QED) is 0.896. The average Bonchev–Trinajstić information content (AvgIpc) is 2.73. The molecular formula is C15H22Cl2N2O. The van der Waals surface area contributed by atoms with E-state index in [9.17, 15) is 4.79 Å². The lowest BCUT2D eigenvalue weighted by molar-refractivity contribution is -0.123. The lowest BCUT2D eigenvalue weighted by Gasteiger charge is -2.19. The summed E-state index contributed by atoms with van der Waals surface area (Å²) in [7, 11) is 0. The lowest BCUT2D eigenvalue weighted by atomic mass is 10.0. The maximum atomic E-state index is 12.1. The van der Waals surface area contributed by atoms with Crippen molar-refractivity contribution < 1.29 is 4.79 Å². The summed E-state index contributed by atoms with van der Waals surface area (Å²) in [5.74, 6) is 0.359. The SMILES string of the molecule is CC(C)C[C@H](N)C(=O)NC1CCc2c(Cl)cccc21.Cl. The van der Waals surface area contributed by atoms with Gasteiger partial charge in [0, 0.05) is 5.02 Å². The Hall–Kier alpha value is -0.770. The van der Waals surface area contributed by atoms with E-state index in [0.717, 1.165) is 29.0 Å². The lowest BCUT2D eigenvalue weighted by Crippen LogP contribution is -2.42. The molecule has 3 nitrogen and oxygen atoms in total. The minimum absolute atomic E-state index is 0. The van der Waals surface area contributed by atoms with Crippen LogP contribution in [0.3, 0.4) is 0 Å². The molecule has 0 spiro atoms. The molecule has 0 saturated carbocycles. The number of hydrogen-bond donors (Lipinski definition) is 2. The molecule has 0 bridgehead atoms. The van der Waals surface area contributed by atoms with Crippen LogP contribution in [0.15, 0.2) is 18.2 Å². The van der Waals surface area contributed by atoms with Crippen LogP contribution in [-0.4, -0.2) is 11.9 Å². The number of nitrogens with two attached hydrogens (primary N) is 1. The monoisotopic (exact) mass is 316 g/mol. The molecule has 1 aromatic carbocycles. The Bertz CT molecular complexity index is 477. The van der Waals surface area contributed by atoms with Crippen molar-refractivity contribution in [3.8, 4) is 0 Å². The molecular weight excluding hydrogens is 295 g/mol. The van der Waals surface area contributed by atoms with E-state index >= 15 is 0 Å². The molecule has 3 N–H and O–H groups in total. The van der Waals surface area contributed by atoms with Gasteiger partial charge in [0.2, 0.25) is 5.91 Å². The predicted molar refractivity (Wildman–Crippen MR) is 85.3 cm³/mol. The van der Waals surface area contributed by atoms with Crippen LogP contribution >= 0.6 is 24.0 Å². The molecule has 0 radical (unpaired) electrons. The second-order valence-electron chi connectivity index (χ2n) is 5.64. The third-order valence-corrected chi connectivity index (χ3v) is 3.95. The molecule has 20 heavy (non-hydrogen) atoms. The molecule has 0 heterocycles. The summed E-state index contributed by atoms with van der Waals surface area (Å²) in [6.45, 7) is 4.13. The van der Waals surface area contributed by atoms with Gasteiger partial charge in [-0.15, -0.1) is 12.4 Å². The topological polar surface area (TPSA) is 55.1 Å². The van der Waals surface area contributed by atoms with Gasteiger partial charge in [0.15, 0.2) is 0 Å². The van der Waals surface area contributed by atoms with E-state index in [-0.39, 0.29) is 24.4 Å². The fraction of sp³-hybridized carbons (Fsp3) is 0.533. The number of rotatable bonds is 4. The van der Waals surface area contributed by atoms with Gasteiger partial charge in [-0.05, 0) is 42.4 Å². The number of nitrogens with one attached hydrogen (secondary N) is 1. The van der Waals surface area contributed by atoms with Crippen molar-refractivity contribution in [3.05, 3.63) is 34.3 Å². The number of fused-ring (bicyclic) bond motifs is 1. The Morgan fingerprint density at radius 3 is 2.85 bits per heavy atom. The van der Waals surface area contributed by atoms with Crippen LogP contribution in [0.1, 0.15) is 43.9 Å². The Labute approximate surface area is 131 Å². The van der Waals surface area contributed by atoms with Crippen LogP contribution in [0.2, 0.25) is 5.02 Å². The van der Waals surface area contributed by atoms with E-state index in [1.165, 1.54) is 0 Å². The number of benzene rings is 1. The molecule has 1 aliphatic rings. The van der Waals surface area contributed by atoms with Crippen LogP contribution in [0.4, 0.5) is 0 Å². The third-order valence-electron chi connectivity index (χ3n) is 3.59. The Balaban J connectivity index is 0.00000200. The molecule has 1 amide bonds. The summed E-state index contributed by atoms with van der Waals surface area (Å²) >= 11 is 6.17. The van der Waals surface area contributed by atoms with Gasteiger partial charge in [-0.1, -0.05) is 37.6 Å². The third kappa shape index (κ3) is 3.87. The minimum Gasteiger partial charge on any atom is -0.348 e. The maximum absolute atomic E-state index is 12.1. The van der Waals surface area contributed by atoms with E-state index < -0.39 is 6.04 Å². The molecule has 0 fully saturated rings. The molecule has 1 aromatic rings. The zero-order valence-electron chi connectivity index (χ0n) is 11.9. The van der Waals surface area contributed by atoms with E-state index in [1.807, 2.05) is 18.2 Å². The Kier molecular flexibility index (Phi) is 6.31. The van der Waals surface area contributed by atoms with Crippen molar-refractivity contribution >= 4 is 29.9 Å². The molecule has 0 aromatic heterocycles. The molecule has 1 unspecified atom stereocenters. The summed E-state index contributed by atoms with van der Waals surface area (Å²) in [6.07, 6.45) is 2.53. The summed E-state index contributed by atoms with van der Waals surface area (Å²) in [6, 6.07) is 5.49. The largest absolute Gasteiger partial charge is 0.348 e. The molecule has 112 valence electrons. The normalized spacial score (nSPS) is 18.4. The van der Waals surface area contributed by atoms with Crippen molar-refractivity contribution in [2.24, 2.45) is 11.7 Å². The standard InChI is InChI=1S/C15H21ClN2O.ClH/c1-9(2)8-13(17)15(19)18-14-7-6-10-11(14)4-3-5-12(10)16;/h3-5,9,13-14H,6-8,17H2,1-2H3,(H,18,19);1H/t13-,14?;/m0./s1. The van der Waals surface area contributed by atoms with Gasteiger partial charge in [0.25, 0.3) is 0 Å². The van der Waals surface area contributed by atoms with Crippen molar-refractivity contribution in [1.82, 2.24) is 5.32 Å². The summed E-state index contributed by atoms with van der Waals surface area (Å²) in [5.41, 5.74) is 8.20. The van der Waals surface area contributed by atoms with Crippen LogP contribution in [0, 0.1) is 5.92 Å². The number of carbonyl (C=O) groups excluding carboxylic acids is 1. The minimum atomic E-state index is -0.428. The van der Waals surface area contributed by atoms with Gasteiger partial charge in [-0.25, -0.2) is 0 Å². The van der Waals surface area contributed by atoms with Gasteiger partial charge in [-0.3, -0.25) is 4.79 Å². The number of hydrogen-bond acceptors (Lipinski definition) is 2. The van der Waals surface area contributed by atoms with Gasteiger partial charge >= 0.3 is 0 Å². The zero-order valence-corrected chi connectivity index (χ0v) is 13.4. The zero-order chi connectivity index (χ0) is 14.0. The van der Waals surface area contributed by atoms with Gasteiger partial charge in [0.05, 0.1) is 12.1 Å². The second kappa shape index (κ2) is 7.30. The van der Waals surface area contributed by atoms with Crippen LogP contribution < -0.4 is 11.1 Å². The summed E-state index contributed by atoms with van der Waals surface area (Å²) in [5, 5.41) is 3.84. The van der Waals surface area contributed by atoms with Crippen LogP contribution in [-0.2, 0) is 11.2 Å². The van der Waals surface area contributed by atoms with Crippen molar-refractivity contribution in [1.29, 1.82) is 0 Å². The van der Waals surface area contributed by atoms with E-state index in [2.05, 4.69) is 19.2 Å². The summed E-state index contributed by atoms with van der Waals surface area (Å²) in [4.78, 5) is 12.1. The predicted octanol–water partition coefficient (Wildman–Crippen LogP) is 3.24. The van der Waals surface area contributed by atoms with Gasteiger partial charge in [-0.2, -0.15) is 0 Å².